The van der Waals surface area contributed by atoms with Crippen molar-refractivity contribution in [2.75, 3.05) is 13.6 Å². The maximum Gasteiger partial charge on any atom is 0.333 e. The first-order chi connectivity index (χ1) is 6.16. The molecular formula is C8H12N2O3. The summed E-state index contributed by atoms with van der Waals surface area (Å²) >= 11 is 0. The highest BCUT2D eigenvalue weighted by Gasteiger charge is 2.22. The van der Waals surface area contributed by atoms with Crippen LogP contribution in [0.5, 0.6) is 0 Å². The number of carboxylic acid groups (broad SMARTS) is 1. The summed E-state index contributed by atoms with van der Waals surface area (Å²) in [4.78, 5) is 21.9. The van der Waals surface area contributed by atoms with Gasteiger partial charge in [-0.15, -0.1) is 0 Å². The molecule has 0 aliphatic carbocycles. The molecule has 1 heterocycles. The Hall–Kier alpha value is -1.52. The number of hydrogen-bond acceptors (Lipinski definition) is 3. The van der Waals surface area contributed by atoms with Crippen LogP contribution in [0.1, 0.15) is 12.8 Å². The number of carboxylic acids is 1. The van der Waals surface area contributed by atoms with Gasteiger partial charge in [-0.2, -0.15) is 0 Å². The van der Waals surface area contributed by atoms with Gasteiger partial charge in [0.05, 0.1) is 5.57 Å². The Morgan fingerprint density at radius 1 is 1.54 bits per heavy atom. The second-order valence-electron chi connectivity index (χ2n) is 2.77. The van der Waals surface area contributed by atoms with Gasteiger partial charge in [0.25, 0.3) is 5.91 Å². The third-order valence-corrected chi connectivity index (χ3v) is 1.92. The minimum atomic E-state index is -1.02. The molecule has 1 rings (SSSR count). The van der Waals surface area contributed by atoms with E-state index in [9.17, 15) is 9.59 Å². The third-order valence-electron chi connectivity index (χ3n) is 1.92. The first kappa shape index (κ1) is 9.57. The van der Waals surface area contributed by atoms with Gasteiger partial charge in [0.15, 0.2) is 0 Å². The third kappa shape index (κ3) is 1.99. The van der Waals surface area contributed by atoms with Crippen molar-refractivity contribution >= 4 is 11.9 Å². The molecule has 1 aliphatic rings. The van der Waals surface area contributed by atoms with Gasteiger partial charge in [-0.3, -0.25) is 4.79 Å². The molecule has 0 aromatic rings. The van der Waals surface area contributed by atoms with E-state index in [1.165, 1.54) is 7.05 Å². The molecule has 0 fully saturated rings. The molecule has 0 atom stereocenters. The van der Waals surface area contributed by atoms with E-state index in [0.29, 0.717) is 13.0 Å². The molecule has 0 spiro atoms. The molecule has 0 aromatic carbocycles. The van der Waals surface area contributed by atoms with Gasteiger partial charge in [-0.1, -0.05) is 0 Å². The first-order valence-corrected chi connectivity index (χ1v) is 4.09. The molecule has 0 bridgehead atoms. The van der Waals surface area contributed by atoms with E-state index in [0.717, 1.165) is 6.42 Å². The normalized spacial score (nSPS) is 16.4. The lowest BCUT2D eigenvalue weighted by Gasteiger charge is -2.18. The average molecular weight is 184 g/mol. The molecule has 72 valence electrons. The maximum absolute atomic E-state index is 11.2. The quantitative estimate of drug-likeness (QED) is 0.538. The van der Waals surface area contributed by atoms with Crippen molar-refractivity contribution in [3.8, 4) is 0 Å². The molecule has 3 N–H and O–H groups in total. The molecule has 13 heavy (non-hydrogen) atoms. The molecule has 5 heteroatoms. The fourth-order valence-corrected chi connectivity index (χ4v) is 1.27. The standard InChI is InChI=1S/C8H12N2O3/c1-9-7(11)6-5(8(12)13)3-2-4-10-6/h10H,2-4H2,1H3,(H,9,11)(H,12,13). The number of likely N-dealkylation sites (N-methyl/N-ethyl adjacent to an activating group) is 1. The monoisotopic (exact) mass is 184 g/mol. The Morgan fingerprint density at radius 2 is 2.23 bits per heavy atom. The van der Waals surface area contributed by atoms with Gasteiger partial charge in [0, 0.05) is 13.6 Å². The number of hydrogen-bond donors (Lipinski definition) is 3. The first-order valence-electron chi connectivity index (χ1n) is 4.09. The van der Waals surface area contributed by atoms with Crippen LogP contribution in [0.15, 0.2) is 11.3 Å². The Morgan fingerprint density at radius 3 is 2.77 bits per heavy atom. The lowest BCUT2D eigenvalue weighted by atomic mass is 10.0. The van der Waals surface area contributed by atoms with E-state index in [1.807, 2.05) is 0 Å². The van der Waals surface area contributed by atoms with E-state index in [2.05, 4.69) is 10.6 Å². The summed E-state index contributed by atoms with van der Waals surface area (Å²) in [5.41, 5.74) is 0.367. The van der Waals surface area contributed by atoms with Crippen molar-refractivity contribution < 1.29 is 14.7 Å². The number of aliphatic carboxylic acids is 1. The molecule has 5 nitrogen and oxygen atoms in total. The minimum absolute atomic E-state index is 0.172. The van der Waals surface area contributed by atoms with Gasteiger partial charge < -0.3 is 15.7 Å². The number of carbonyl (C=O) groups excluding carboxylic acids is 1. The van der Waals surface area contributed by atoms with Gasteiger partial charge in [-0.25, -0.2) is 4.79 Å². The van der Waals surface area contributed by atoms with Crippen molar-refractivity contribution in [3.63, 3.8) is 0 Å². The summed E-state index contributed by atoms with van der Waals surface area (Å²) in [6.45, 7) is 0.652. The number of rotatable bonds is 2. The Balaban J connectivity index is 2.96. The fourth-order valence-electron chi connectivity index (χ4n) is 1.27. The van der Waals surface area contributed by atoms with Crippen molar-refractivity contribution in [1.29, 1.82) is 0 Å². The summed E-state index contributed by atoms with van der Waals surface area (Å²) in [5.74, 6) is -1.39. The van der Waals surface area contributed by atoms with Crippen LogP contribution in [0.4, 0.5) is 0 Å². The van der Waals surface area contributed by atoms with Crippen molar-refractivity contribution in [2.45, 2.75) is 12.8 Å². The molecule has 0 saturated heterocycles. The summed E-state index contributed by atoms with van der Waals surface area (Å²) < 4.78 is 0. The summed E-state index contributed by atoms with van der Waals surface area (Å²) in [6, 6.07) is 0. The van der Waals surface area contributed by atoms with Crippen LogP contribution in [-0.4, -0.2) is 30.6 Å². The van der Waals surface area contributed by atoms with Crippen LogP contribution < -0.4 is 10.6 Å². The fraction of sp³-hybridized carbons (Fsp3) is 0.500. The molecule has 0 aromatic heterocycles. The van der Waals surface area contributed by atoms with Gasteiger partial charge in [0.1, 0.15) is 5.70 Å². The molecule has 0 radical (unpaired) electrons. The van der Waals surface area contributed by atoms with Crippen LogP contribution in [0.3, 0.4) is 0 Å². The minimum Gasteiger partial charge on any atom is -0.478 e. The Bertz CT molecular complexity index is 271. The zero-order chi connectivity index (χ0) is 9.84. The predicted molar refractivity (Wildman–Crippen MR) is 46.0 cm³/mol. The zero-order valence-electron chi connectivity index (χ0n) is 7.39. The molecular weight excluding hydrogens is 172 g/mol. The summed E-state index contributed by atoms with van der Waals surface area (Å²) in [7, 11) is 1.48. The Labute approximate surface area is 75.8 Å². The smallest absolute Gasteiger partial charge is 0.333 e. The largest absolute Gasteiger partial charge is 0.478 e. The highest BCUT2D eigenvalue weighted by molar-refractivity contribution is 6.01. The maximum atomic E-state index is 11.2. The summed E-state index contributed by atoms with van der Waals surface area (Å²) in [5, 5.41) is 14.0. The van der Waals surface area contributed by atoms with Gasteiger partial charge in [-0.05, 0) is 12.8 Å². The van der Waals surface area contributed by atoms with Crippen LogP contribution in [-0.2, 0) is 9.59 Å². The van der Waals surface area contributed by atoms with Crippen molar-refractivity contribution in [2.24, 2.45) is 0 Å². The average Bonchev–Trinajstić information content (AvgIpc) is 2.16. The highest BCUT2D eigenvalue weighted by Crippen LogP contribution is 2.14. The number of carbonyl (C=O) groups is 2. The van der Waals surface area contributed by atoms with E-state index < -0.39 is 5.97 Å². The summed E-state index contributed by atoms with van der Waals surface area (Å²) in [6.07, 6.45) is 1.20. The van der Waals surface area contributed by atoms with Crippen molar-refractivity contribution in [1.82, 2.24) is 10.6 Å². The van der Waals surface area contributed by atoms with E-state index >= 15 is 0 Å². The molecule has 1 amide bonds. The highest BCUT2D eigenvalue weighted by atomic mass is 16.4. The molecule has 1 aliphatic heterocycles. The van der Waals surface area contributed by atoms with Crippen LogP contribution in [0.25, 0.3) is 0 Å². The number of nitrogens with one attached hydrogen (secondary N) is 2. The van der Waals surface area contributed by atoms with Crippen LogP contribution in [0, 0.1) is 0 Å². The van der Waals surface area contributed by atoms with Gasteiger partial charge in [0.2, 0.25) is 0 Å². The van der Waals surface area contributed by atoms with E-state index in [-0.39, 0.29) is 17.2 Å². The predicted octanol–water partition coefficient (Wildman–Crippen LogP) is -0.546. The second-order valence-corrected chi connectivity index (χ2v) is 2.77. The van der Waals surface area contributed by atoms with E-state index in [4.69, 9.17) is 5.11 Å². The Kier molecular flexibility index (Phi) is 2.89. The number of amides is 1. The lowest BCUT2D eigenvalue weighted by Crippen LogP contribution is -2.35. The zero-order valence-corrected chi connectivity index (χ0v) is 7.39. The van der Waals surface area contributed by atoms with E-state index in [1.54, 1.807) is 0 Å². The lowest BCUT2D eigenvalue weighted by molar-refractivity contribution is -0.133. The second kappa shape index (κ2) is 3.93. The van der Waals surface area contributed by atoms with Crippen LogP contribution in [0.2, 0.25) is 0 Å². The van der Waals surface area contributed by atoms with Gasteiger partial charge >= 0.3 is 5.97 Å². The van der Waals surface area contributed by atoms with Crippen LogP contribution >= 0.6 is 0 Å². The van der Waals surface area contributed by atoms with Crippen molar-refractivity contribution in [3.05, 3.63) is 11.3 Å². The SMILES string of the molecule is CNC(=O)C1=C(C(=O)O)CCCN1. The topological polar surface area (TPSA) is 78.4 Å². The molecule has 0 saturated carbocycles. The molecule has 0 unspecified atom stereocenters.